The van der Waals surface area contributed by atoms with Crippen LogP contribution in [0.1, 0.15) is 69.6 Å². The molecule has 0 saturated carbocycles. The van der Waals surface area contributed by atoms with Crippen LogP contribution >= 0.6 is 0 Å². The zero-order chi connectivity index (χ0) is 24.8. The summed E-state index contributed by atoms with van der Waals surface area (Å²) in [5, 5.41) is 11.0. The number of hydrogen-bond acceptors (Lipinski definition) is 5. The molecule has 1 N–H and O–H groups in total. The molecule has 0 spiro atoms. The summed E-state index contributed by atoms with van der Waals surface area (Å²) < 4.78 is 0. The molecule has 5 nitrogen and oxygen atoms in total. The van der Waals surface area contributed by atoms with E-state index in [9.17, 15) is 5.11 Å². The molecule has 0 radical (unpaired) electrons. The number of phenols is 1. The molecule has 0 fully saturated rings. The van der Waals surface area contributed by atoms with E-state index in [1.807, 2.05) is 55.0 Å². The lowest BCUT2D eigenvalue weighted by molar-refractivity contribution is 0.258. The Labute approximate surface area is 204 Å². The first kappa shape index (κ1) is 25.6. The van der Waals surface area contributed by atoms with Gasteiger partial charge in [0.2, 0.25) is 0 Å². The molecule has 1 aromatic carbocycles. The fourth-order valence-electron chi connectivity index (χ4n) is 3.78. The molecule has 3 aromatic rings. The summed E-state index contributed by atoms with van der Waals surface area (Å²) in [7, 11) is 0. The summed E-state index contributed by atoms with van der Waals surface area (Å²) in [5.74, 6) is 0.322. The minimum atomic E-state index is -0.157. The molecule has 0 aliphatic heterocycles. The van der Waals surface area contributed by atoms with Crippen molar-refractivity contribution in [3.8, 4) is 5.75 Å². The molecule has 0 atom stereocenters. The van der Waals surface area contributed by atoms with Crippen LogP contribution in [0.15, 0.2) is 65.9 Å². The van der Waals surface area contributed by atoms with Crippen molar-refractivity contribution in [2.24, 2.45) is 4.99 Å². The molecule has 0 aliphatic rings. The van der Waals surface area contributed by atoms with Gasteiger partial charge in [0.05, 0.1) is 17.9 Å². The molecule has 34 heavy (non-hydrogen) atoms. The average Bonchev–Trinajstić information content (AvgIpc) is 2.77. The fourth-order valence-corrected chi connectivity index (χ4v) is 3.78. The van der Waals surface area contributed by atoms with Crippen LogP contribution in [-0.2, 0) is 23.9 Å². The third-order valence-corrected chi connectivity index (χ3v) is 5.81. The number of aromatic hydroxyl groups is 1. The number of nitrogens with zero attached hydrogens (tertiary/aromatic N) is 4. The topological polar surface area (TPSA) is 61.6 Å². The van der Waals surface area contributed by atoms with E-state index < -0.39 is 0 Å². The van der Waals surface area contributed by atoms with Crippen molar-refractivity contribution < 1.29 is 5.11 Å². The molecular formula is C29H38N4O. The summed E-state index contributed by atoms with van der Waals surface area (Å²) in [5.41, 5.74) is 4.80. The van der Waals surface area contributed by atoms with E-state index in [0.717, 1.165) is 42.1 Å². The number of pyridine rings is 2. The Bertz CT molecular complexity index is 1040. The highest BCUT2D eigenvalue weighted by Crippen LogP contribution is 2.37. The Balaban J connectivity index is 1.77. The third-order valence-electron chi connectivity index (χ3n) is 5.81. The lowest BCUT2D eigenvalue weighted by Gasteiger charge is -2.27. The SMILES string of the molecule is CC(C)(C)c1cc(C=NCCN(Cc2ccccn2)Cc2ccccn2)c(O)c(C(C)(C)C)c1. The summed E-state index contributed by atoms with van der Waals surface area (Å²) in [6, 6.07) is 16.2. The van der Waals surface area contributed by atoms with E-state index >= 15 is 0 Å². The highest BCUT2D eigenvalue weighted by Gasteiger charge is 2.24. The second-order valence-electron chi connectivity index (χ2n) is 10.8. The largest absolute Gasteiger partial charge is 0.507 e. The zero-order valence-corrected chi connectivity index (χ0v) is 21.4. The van der Waals surface area contributed by atoms with Gasteiger partial charge in [-0.1, -0.05) is 59.7 Å². The van der Waals surface area contributed by atoms with Crippen LogP contribution in [0.25, 0.3) is 0 Å². The maximum atomic E-state index is 11.0. The van der Waals surface area contributed by atoms with Crippen molar-refractivity contribution in [1.29, 1.82) is 0 Å². The second kappa shape index (κ2) is 10.9. The first-order chi connectivity index (χ1) is 16.0. The fraction of sp³-hybridized carbons (Fsp3) is 0.414. The van der Waals surface area contributed by atoms with Crippen LogP contribution in [-0.4, -0.2) is 39.3 Å². The molecular weight excluding hydrogens is 420 g/mol. The van der Waals surface area contributed by atoms with Gasteiger partial charge in [-0.15, -0.1) is 0 Å². The summed E-state index contributed by atoms with van der Waals surface area (Å²) in [4.78, 5) is 16.0. The van der Waals surface area contributed by atoms with Crippen LogP contribution in [0.3, 0.4) is 0 Å². The van der Waals surface area contributed by atoms with Gasteiger partial charge in [0, 0.05) is 49.4 Å². The first-order valence-electron chi connectivity index (χ1n) is 11.9. The molecule has 3 rings (SSSR count). The number of hydrogen-bond donors (Lipinski definition) is 1. The standard InChI is InChI=1S/C29H38N4O/c1-28(2,3)23-17-22(27(34)26(18-23)29(4,5)6)19-30-15-16-33(20-24-11-7-9-13-31-24)21-25-12-8-10-14-32-25/h7-14,17-19,34H,15-16,20-21H2,1-6H3. The smallest absolute Gasteiger partial charge is 0.128 e. The lowest BCUT2D eigenvalue weighted by atomic mass is 9.79. The lowest BCUT2D eigenvalue weighted by Crippen LogP contribution is -2.26. The maximum absolute atomic E-state index is 11.0. The van der Waals surface area contributed by atoms with Crippen LogP contribution in [0.5, 0.6) is 5.75 Å². The number of aliphatic imine (C=N–C) groups is 1. The van der Waals surface area contributed by atoms with Crippen molar-refractivity contribution in [2.45, 2.75) is 65.5 Å². The molecule has 5 heteroatoms. The number of aromatic nitrogens is 2. The monoisotopic (exact) mass is 458 g/mol. The molecule has 0 amide bonds. The van der Waals surface area contributed by atoms with Gasteiger partial charge >= 0.3 is 0 Å². The van der Waals surface area contributed by atoms with E-state index in [0.29, 0.717) is 12.3 Å². The van der Waals surface area contributed by atoms with Crippen LogP contribution in [0, 0.1) is 0 Å². The molecule has 0 bridgehead atoms. The van der Waals surface area contributed by atoms with Crippen molar-refractivity contribution in [3.05, 3.63) is 89.0 Å². The van der Waals surface area contributed by atoms with E-state index in [1.54, 1.807) is 0 Å². The van der Waals surface area contributed by atoms with Gasteiger partial charge in [-0.25, -0.2) is 0 Å². The summed E-state index contributed by atoms with van der Waals surface area (Å²) in [6.45, 7) is 15.8. The highest BCUT2D eigenvalue weighted by atomic mass is 16.3. The first-order valence-corrected chi connectivity index (χ1v) is 11.9. The zero-order valence-electron chi connectivity index (χ0n) is 21.4. The Morgan fingerprint density at radius 3 is 1.91 bits per heavy atom. The number of phenolic OH excluding ortho intramolecular Hbond substituents is 1. The summed E-state index contributed by atoms with van der Waals surface area (Å²) in [6.07, 6.45) is 5.47. The normalized spacial score (nSPS) is 12.6. The predicted octanol–water partition coefficient (Wildman–Crippen LogP) is 5.90. The van der Waals surface area contributed by atoms with Crippen LogP contribution in [0.4, 0.5) is 0 Å². The van der Waals surface area contributed by atoms with Crippen molar-refractivity contribution in [3.63, 3.8) is 0 Å². The number of rotatable bonds is 8. The van der Waals surface area contributed by atoms with Gasteiger partial charge in [-0.05, 0) is 46.7 Å². The van der Waals surface area contributed by atoms with Gasteiger partial charge in [0.1, 0.15) is 5.75 Å². The molecule has 2 heterocycles. The van der Waals surface area contributed by atoms with Crippen LogP contribution in [0.2, 0.25) is 0 Å². The molecule has 0 aliphatic carbocycles. The van der Waals surface area contributed by atoms with Gasteiger partial charge < -0.3 is 5.11 Å². The van der Waals surface area contributed by atoms with Crippen LogP contribution < -0.4 is 0 Å². The molecule has 0 saturated heterocycles. The minimum Gasteiger partial charge on any atom is -0.507 e. The molecule has 2 aromatic heterocycles. The predicted molar refractivity (Wildman–Crippen MR) is 141 cm³/mol. The second-order valence-corrected chi connectivity index (χ2v) is 10.8. The Morgan fingerprint density at radius 2 is 1.44 bits per heavy atom. The van der Waals surface area contributed by atoms with E-state index in [4.69, 9.17) is 4.99 Å². The van der Waals surface area contributed by atoms with Crippen molar-refractivity contribution in [2.75, 3.05) is 13.1 Å². The highest BCUT2D eigenvalue weighted by molar-refractivity contribution is 5.85. The summed E-state index contributed by atoms with van der Waals surface area (Å²) >= 11 is 0. The van der Waals surface area contributed by atoms with Gasteiger partial charge in [-0.3, -0.25) is 19.9 Å². The maximum Gasteiger partial charge on any atom is 0.128 e. The Hall–Kier alpha value is -3.05. The minimum absolute atomic E-state index is 0.0154. The third kappa shape index (κ3) is 7.22. The van der Waals surface area contributed by atoms with Crippen molar-refractivity contribution >= 4 is 6.21 Å². The molecule has 0 unspecified atom stereocenters. The van der Waals surface area contributed by atoms with Gasteiger partial charge in [0.15, 0.2) is 0 Å². The average molecular weight is 459 g/mol. The van der Waals surface area contributed by atoms with E-state index in [2.05, 4.69) is 68.5 Å². The van der Waals surface area contributed by atoms with Gasteiger partial charge in [-0.2, -0.15) is 0 Å². The van der Waals surface area contributed by atoms with E-state index in [1.165, 1.54) is 5.56 Å². The van der Waals surface area contributed by atoms with E-state index in [-0.39, 0.29) is 10.8 Å². The van der Waals surface area contributed by atoms with Crippen molar-refractivity contribution in [1.82, 2.24) is 14.9 Å². The quantitative estimate of drug-likeness (QED) is 0.427. The Morgan fingerprint density at radius 1 is 0.853 bits per heavy atom. The molecule has 180 valence electrons. The Kier molecular flexibility index (Phi) is 8.21. The van der Waals surface area contributed by atoms with Gasteiger partial charge in [0.25, 0.3) is 0 Å². The number of benzene rings is 1.